The zero-order valence-electron chi connectivity index (χ0n) is 21.9. The Morgan fingerprint density at radius 3 is 2.63 bits per heavy atom. The molecule has 5 heteroatoms. The van der Waals surface area contributed by atoms with Gasteiger partial charge in [-0.15, -0.1) is 6.58 Å². The third kappa shape index (κ3) is 7.21. The Labute approximate surface area is 212 Å². The van der Waals surface area contributed by atoms with E-state index in [1.165, 1.54) is 24.8 Å². The van der Waals surface area contributed by atoms with Crippen molar-refractivity contribution < 1.29 is 24.1 Å². The highest BCUT2D eigenvalue weighted by molar-refractivity contribution is 5.29. The third-order valence-electron chi connectivity index (χ3n) is 8.41. The quantitative estimate of drug-likeness (QED) is 0.175. The highest BCUT2D eigenvalue weighted by atomic mass is 16.7. The molecule has 5 nitrogen and oxygen atoms in total. The molecule has 4 aliphatic rings. The predicted molar refractivity (Wildman–Crippen MR) is 139 cm³/mol. The van der Waals surface area contributed by atoms with Gasteiger partial charge in [0.2, 0.25) is 0 Å². The number of allylic oxidation sites excluding steroid dienone is 3. The van der Waals surface area contributed by atoms with Gasteiger partial charge in [0.15, 0.2) is 12.6 Å². The zero-order chi connectivity index (χ0) is 24.5. The molecule has 2 aliphatic heterocycles. The second-order valence-electron chi connectivity index (χ2n) is 11.2. The van der Waals surface area contributed by atoms with Crippen LogP contribution < -0.4 is 0 Å². The van der Waals surface area contributed by atoms with Crippen LogP contribution in [0.1, 0.15) is 96.8 Å². The summed E-state index contributed by atoms with van der Waals surface area (Å²) in [7, 11) is 0. The fourth-order valence-electron chi connectivity index (χ4n) is 6.47. The van der Waals surface area contributed by atoms with E-state index in [1.54, 1.807) is 0 Å². The average Bonchev–Trinajstić information content (AvgIpc) is 3.38. The zero-order valence-corrected chi connectivity index (χ0v) is 21.9. The van der Waals surface area contributed by atoms with Crippen LogP contribution in [-0.2, 0) is 18.9 Å². The lowest BCUT2D eigenvalue weighted by atomic mass is 9.85. The Kier molecular flexibility index (Phi) is 10.3. The standard InChI is InChI=1S/C30H48O5/c1-3-4-5-10-23(2)13-14-27(34-28-11-6-8-19-32-28)25-15-17-30(35-29-12-7-9-20-33-29)22-24(16-18-31)21-26(25)30/h3,14,22-23,25-26,28-29,31H,1,4-13,15-21H2,2H3/t23?,25-,26-,28?,29?,30+/m0/s1. The van der Waals surface area contributed by atoms with Crippen molar-refractivity contribution in [3.8, 4) is 0 Å². The smallest absolute Gasteiger partial charge is 0.199 e. The molecule has 0 aromatic carbocycles. The molecule has 3 fully saturated rings. The van der Waals surface area contributed by atoms with Crippen LogP contribution in [0.25, 0.3) is 0 Å². The first kappa shape index (κ1) is 26.9. The van der Waals surface area contributed by atoms with E-state index in [-0.39, 0.29) is 24.8 Å². The summed E-state index contributed by atoms with van der Waals surface area (Å²) in [5.41, 5.74) is 1.02. The SMILES string of the molecule is C=CCCCC(C)CC=C(OC1CCCCO1)[C@H]1CC[C@@]2(OC3CCCCO3)C=C(CCO)C[C@@H]12. The molecule has 1 saturated carbocycles. The van der Waals surface area contributed by atoms with Crippen molar-refractivity contribution in [1.29, 1.82) is 0 Å². The highest BCUT2D eigenvalue weighted by Gasteiger charge is 2.54. The van der Waals surface area contributed by atoms with E-state index in [2.05, 4.69) is 25.7 Å². The molecule has 6 atom stereocenters. The Hall–Kier alpha value is -1.14. The van der Waals surface area contributed by atoms with Gasteiger partial charge in [-0.1, -0.05) is 31.1 Å². The van der Waals surface area contributed by atoms with Gasteiger partial charge in [-0.05, 0) is 89.0 Å². The molecule has 4 rings (SSSR count). The lowest BCUT2D eigenvalue weighted by molar-refractivity contribution is -0.219. The van der Waals surface area contributed by atoms with Crippen LogP contribution in [0, 0.1) is 17.8 Å². The van der Waals surface area contributed by atoms with Crippen LogP contribution in [0.2, 0.25) is 0 Å². The Bertz CT molecular complexity index is 718. The molecule has 0 amide bonds. The number of ether oxygens (including phenoxy) is 4. The van der Waals surface area contributed by atoms with Crippen molar-refractivity contribution >= 4 is 0 Å². The fraction of sp³-hybridized carbons (Fsp3) is 0.800. The van der Waals surface area contributed by atoms with E-state index < -0.39 is 0 Å². The molecule has 1 N–H and O–H groups in total. The van der Waals surface area contributed by atoms with Crippen molar-refractivity contribution in [2.45, 2.75) is 115 Å². The summed E-state index contributed by atoms with van der Waals surface area (Å²) < 4.78 is 25.5. The molecule has 2 saturated heterocycles. The molecule has 0 bridgehead atoms. The summed E-state index contributed by atoms with van der Waals surface area (Å²) in [6.07, 6.45) is 21.3. The number of unbranched alkanes of at least 4 members (excludes halogenated alkanes) is 1. The van der Waals surface area contributed by atoms with Gasteiger partial charge in [0.1, 0.15) is 0 Å². The molecular weight excluding hydrogens is 440 g/mol. The van der Waals surface area contributed by atoms with E-state index in [1.807, 2.05) is 6.08 Å². The topological polar surface area (TPSA) is 57.2 Å². The minimum atomic E-state index is -0.303. The molecule has 0 aromatic heterocycles. The lowest BCUT2D eigenvalue weighted by Gasteiger charge is -2.36. The number of hydrogen-bond acceptors (Lipinski definition) is 5. The first-order valence-corrected chi connectivity index (χ1v) is 14.3. The van der Waals surface area contributed by atoms with E-state index in [0.29, 0.717) is 17.8 Å². The van der Waals surface area contributed by atoms with Crippen molar-refractivity contribution in [3.63, 3.8) is 0 Å². The largest absolute Gasteiger partial charge is 0.469 e. The maximum absolute atomic E-state index is 9.66. The molecule has 0 spiro atoms. The van der Waals surface area contributed by atoms with Gasteiger partial charge >= 0.3 is 0 Å². The lowest BCUT2D eigenvalue weighted by Crippen LogP contribution is -2.40. The van der Waals surface area contributed by atoms with Crippen LogP contribution in [0.5, 0.6) is 0 Å². The van der Waals surface area contributed by atoms with Crippen LogP contribution in [0.15, 0.2) is 36.1 Å². The van der Waals surface area contributed by atoms with Gasteiger partial charge in [0.05, 0.1) is 18.0 Å². The molecule has 198 valence electrons. The maximum atomic E-state index is 9.66. The fourth-order valence-corrected chi connectivity index (χ4v) is 6.47. The summed E-state index contributed by atoms with van der Waals surface area (Å²) in [4.78, 5) is 0. The van der Waals surface area contributed by atoms with Crippen molar-refractivity contribution in [2.75, 3.05) is 19.8 Å². The van der Waals surface area contributed by atoms with E-state index in [4.69, 9.17) is 18.9 Å². The van der Waals surface area contributed by atoms with Crippen LogP contribution in [-0.4, -0.2) is 43.1 Å². The summed E-state index contributed by atoms with van der Waals surface area (Å²) >= 11 is 0. The monoisotopic (exact) mass is 488 g/mol. The van der Waals surface area contributed by atoms with E-state index in [0.717, 1.165) is 89.6 Å². The van der Waals surface area contributed by atoms with E-state index in [9.17, 15) is 5.11 Å². The van der Waals surface area contributed by atoms with Crippen molar-refractivity contribution in [1.82, 2.24) is 0 Å². The van der Waals surface area contributed by atoms with Gasteiger partial charge in [0.25, 0.3) is 0 Å². The maximum Gasteiger partial charge on any atom is 0.199 e. The van der Waals surface area contributed by atoms with Crippen LogP contribution in [0.4, 0.5) is 0 Å². The first-order chi connectivity index (χ1) is 17.1. The molecule has 35 heavy (non-hydrogen) atoms. The molecule has 2 aliphatic carbocycles. The summed E-state index contributed by atoms with van der Waals surface area (Å²) in [6.45, 7) is 7.97. The van der Waals surface area contributed by atoms with E-state index >= 15 is 0 Å². The third-order valence-corrected chi connectivity index (χ3v) is 8.41. The normalized spacial score (nSPS) is 34.3. The second kappa shape index (κ2) is 13.4. The summed E-state index contributed by atoms with van der Waals surface area (Å²) in [5.74, 6) is 2.38. The summed E-state index contributed by atoms with van der Waals surface area (Å²) in [5, 5.41) is 9.66. The molecular formula is C30H48O5. The Morgan fingerprint density at radius 1 is 1.17 bits per heavy atom. The molecule has 0 aromatic rings. The van der Waals surface area contributed by atoms with Crippen LogP contribution in [0.3, 0.4) is 0 Å². The second-order valence-corrected chi connectivity index (χ2v) is 11.2. The van der Waals surface area contributed by atoms with Gasteiger partial charge in [-0.25, -0.2) is 0 Å². The minimum Gasteiger partial charge on any atom is -0.469 e. The summed E-state index contributed by atoms with van der Waals surface area (Å²) in [6, 6.07) is 0. The minimum absolute atomic E-state index is 0.116. The van der Waals surface area contributed by atoms with Gasteiger partial charge < -0.3 is 24.1 Å². The first-order valence-electron chi connectivity index (χ1n) is 14.3. The number of aliphatic hydroxyl groups excluding tert-OH is 1. The van der Waals surface area contributed by atoms with Crippen molar-refractivity contribution in [3.05, 3.63) is 36.1 Å². The number of hydrogen-bond donors (Lipinski definition) is 1. The van der Waals surface area contributed by atoms with Gasteiger partial charge in [-0.3, -0.25) is 0 Å². The molecule has 0 radical (unpaired) electrons. The van der Waals surface area contributed by atoms with Gasteiger partial charge in [0, 0.05) is 31.5 Å². The predicted octanol–water partition coefficient (Wildman–Crippen LogP) is 6.82. The van der Waals surface area contributed by atoms with Gasteiger partial charge in [-0.2, -0.15) is 0 Å². The Morgan fingerprint density at radius 2 is 1.94 bits per heavy atom. The molecule has 2 heterocycles. The number of fused-ring (bicyclic) bond motifs is 1. The highest BCUT2D eigenvalue weighted by Crippen LogP contribution is 2.55. The molecule has 3 unspecified atom stereocenters. The van der Waals surface area contributed by atoms with Crippen LogP contribution >= 0.6 is 0 Å². The number of rotatable bonds is 13. The number of aliphatic hydroxyl groups is 1. The average molecular weight is 489 g/mol. The Balaban J connectivity index is 1.51. The van der Waals surface area contributed by atoms with Crippen molar-refractivity contribution in [2.24, 2.45) is 17.8 Å².